The number of rotatable bonds is 7. The molecule has 0 aliphatic rings. The van der Waals surface area contributed by atoms with Crippen molar-refractivity contribution in [3.05, 3.63) is 146 Å². The van der Waals surface area contributed by atoms with Gasteiger partial charge in [-0.1, -0.05) is 109 Å². The van der Waals surface area contributed by atoms with Crippen molar-refractivity contribution in [1.29, 1.82) is 0 Å². The van der Waals surface area contributed by atoms with Gasteiger partial charge in [0.05, 0.1) is 17.1 Å². The molecule has 6 nitrogen and oxygen atoms in total. The van der Waals surface area contributed by atoms with Crippen LogP contribution in [0.5, 0.6) is 11.5 Å². The van der Waals surface area contributed by atoms with Crippen LogP contribution in [0.3, 0.4) is 0 Å². The zero-order valence-corrected chi connectivity index (χ0v) is 23.0. The quantitative estimate of drug-likeness (QED) is 0.202. The van der Waals surface area contributed by atoms with E-state index in [9.17, 15) is 0 Å². The average molecular weight is 546 g/mol. The number of imidazole rings is 1. The van der Waals surface area contributed by atoms with E-state index in [1.54, 1.807) is 11.0 Å². The van der Waals surface area contributed by atoms with Crippen molar-refractivity contribution in [1.82, 2.24) is 24.3 Å². The van der Waals surface area contributed by atoms with Gasteiger partial charge in [-0.2, -0.15) is 0 Å². The largest absolute Gasteiger partial charge is 0.457 e. The summed E-state index contributed by atoms with van der Waals surface area (Å²) in [7, 11) is 2.07. The van der Waals surface area contributed by atoms with Crippen LogP contribution >= 0.6 is 0 Å². The Hall–Kier alpha value is -5.75. The SMILES string of the molecule is Cn1c(-c2cccc(Oc3cccc(-n4cnc(-c5ccccc5)n4)c3)c2)nc(-c2ccccc2)c1-c1ccccc1. The highest BCUT2D eigenvalue weighted by Gasteiger charge is 2.19. The smallest absolute Gasteiger partial charge is 0.181 e. The third kappa shape index (κ3) is 4.97. The summed E-state index contributed by atoms with van der Waals surface area (Å²) in [5.74, 6) is 2.97. The highest BCUT2D eigenvalue weighted by atomic mass is 16.5. The number of aromatic nitrogens is 5. The van der Waals surface area contributed by atoms with Gasteiger partial charge in [-0.3, -0.25) is 0 Å². The minimum absolute atomic E-state index is 0.675. The minimum Gasteiger partial charge on any atom is -0.457 e. The second kappa shape index (κ2) is 11.0. The minimum atomic E-state index is 0.675. The first-order valence-electron chi connectivity index (χ1n) is 13.8. The highest BCUT2D eigenvalue weighted by molar-refractivity contribution is 5.82. The first-order chi connectivity index (χ1) is 20.7. The number of benzene rings is 5. The molecule has 0 atom stereocenters. The van der Waals surface area contributed by atoms with Crippen molar-refractivity contribution in [2.75, 3.05) is 0 Å². The highest BCUT2D eigenvalue weighted by Crippen LogP contribution is 2.36. The molecule has 5 aromatic carbocycles. The van der Waals surface area contributed by atoms with Crippen molar-refractivity contribution in [2.24, 2.45) is 7.05 Å². The van der Waals surface area contributed by atoms with Crippen LogP contribution in [0.1, 0.15) is 0 Å². The summed E-state index contributed by atoms with van der Waals surface area (Å²) in [6, 6.07) is 46.5. The van der Waals surface area contributed by atoms with Crippen molar-refractivity contribution in [3.8, 4) is 62.5 Å². The maximum atomic E-state index is 6.34. The molecule has 202 valence electrons. The third-order valence-electron chi connectivity index (χ3n) is 7.12. The molecular weight excluding hydrogens is 518 g/mol. The summed E-state index contributed by atoms with van der Waals surface area (Å²) in [5.41, 5.74) is 7.01. The fraction of sp³-hybridized carbons (Fsp3) is 0.0278. The van der Waals surface area contributed by atoms with Crippen LogP contribution in [0.25, 0.3) is 51.0 Å². The molecule has 42 heavy (non-hydrogen) atoms. The Kier molecular flexibility index (Phi) is 6.62. The zero-order chi connectivity index (χ0) is 28.3. The molecule has 0 aliphatic carbocycles. The van der Waals surface area contributed by atoms with E-state index in [0.29, 0.717) is 11.6 Å². The maximum Gasteiger partial charge on any atom is 0.181 e. The van der Waals surface area contributed by atoms with E-state index in [-0.39, 0.29) is 0 Å². The molecule has 0 aliphatic heterocycles. The number of nitrogens with zero attached hydrogens (tertiary/aromatic N) is 5. The number of ether oxygens (including phenoxy) is 1. The average Bonchev–Trinajstić information content (AvgIpc) is 3.68. The Balaban J connectivity index is 1.20. The molecule has 0 fully saturated rings. The molecule has 0 N–H and O–H groups in total. The van der Waals surface area contributed by atoms with Gasteiger partial charge in [0.15, 0.2) is 5.82 Å². The van der Waals surface area contributed by atoms with E-state index in [2.05, 4.69) is 64.2 Å². The molecule has 0 unspecified atom stereocenters. The predicted octanol–water partition coefficient (Wildman–Crippen LogP) is 8.46. The molecule has 0 amide bonds. The molecule has 2 aromatic heterocycles. The van der Waals surface area contributed by atoms with Gasteiger partial charge < -0.3 is 9.30 Å². The topological polar surface area (TPSA) is 57.8 Å². The molecule has 6 heteroatoms. The standard InChI is InChI=1S/C36H27N5O/c1-40-34(27-15-7-3-8-16-27)33(26-13-5-2-6-14-26)38-36(40)29-19-11-21-31(23-29)42-32-22-12-20-30(24-32)41-25-37-35(39-41)28-17-9-4-10-18-28/h2-25H,1H3. The van der Waals surface area contributed by atoms with Gasteiger partial charge in [0.2, 0.25) is 0 Å². The summed E-state index contributed by atoms with van der Waals surface area (Å²) in [6.45, 7) is 0. The predicted molar refractivity (Wildman–Crippen MR) is 166 cm³/mol. The summed E-state index contributed by atoms with van der Waals surface area (Å²) in [4.78, 5) is 9.63. The number of hydrogen-bond donors (Lipinski definition) is 0. The third-order valence-corrected chi connectivity index (χ3v) is 7.12. The fourth-order valence-electron chi connectivity index (χ4n) is 5.11. The van der Waals surface area contributed by atoms with Gasteiger partial charge in [0.1, 0.15) is 23.7 Å². The summed E-state index contributed by atoms with van der Waals surface area (Å²) in [5, 5.41) is 4.66. The van der Waals surface area contributed by atoms with Crippen LogP contribution in [0.2, 0.25) is 0 Å². The number of hydrogen-bond acceptors (Lipinski definition) is 4. The van der Waals surface area contributed by atoms with Gasteiger partial charge >= 0.3 is 0 Å². The van der Waals surface area contributed by atoms with Crippen molar-refractivity contribution in [3.63, 3.8) is 0 Å². The first-order valence-corrected chi connectivity index (χ1v) is 13.8. The van der Waals surface area contributed by atoms with Crippen molar-refractivity contribution in [2.45, 2.75) is 0 Å². The summed E-state index contributed by atoms with van der Waals surface area (Å²) >= 11 is 0. The molecule has 0 saturated carbocycles. The van der Waals surface area contributed by atoms with Crippen LogP contribution in [0.15, 0.2) is 146 Å². The van der Waals surface area contributed by atoms with Gasteiger partial charge in [0, 0.05) is 35.4 Å². The van der Waals surface area contributed by atoms with Gasteiger partial charge in [-0.05, 0) is 24.3 Å². The second-order valence-electron chi connectivity index (χ2n) is 9.93. The zero-order valence-electron chi connectivity index (χ0n) is 23.0. The molecule has 0 bridgehead atoms. The fourth-order valence-corrected chi connectivity index (χ4v) is 5.11. The Morgan fingerprint density at radius 2 is 1.17 bits per heavy atom. The lowest BCUT2D eigenvalue weighted by atomic mass is 10.1. The van der Waals surface area contributed by atoms with E-state index in [4.69, 9.17) is 9.72 Å². The van der Waals surface area contributed by atoms with Gasteiger partial charge in [0.25, 0.3) is 0 Å². The Morgan fingerprint density at radius 1 is 0.571 bits per heavy atom. The van der Waals surface area contributed by atoms with E-state index in [1.807, 2.05) is 97.1 Å². The summed E-state index contributed by atoms with van der Waals surface area (Å²) < 4.78 is 10.3. The van der Waals surface area contributed by atoms with E-state index in [0.717, 1.165) is 50.9 Å². The van der Waals surface area contributed by atoms with Gasteiger partial charge in [-0.15, -0.1) is 5.10 Å². The molecule has 7 aromatic rings. The maximum absolute atomic E-state index is 6.34. The molecule has 0 spiro atoms. The Labute approximate surface area is 244 Å². The van der Waals surface area contributed by atoms with Crippen LogP contribution in [-0.4, -0.2) is 24.3 Å². The molecule has 0 saturated heterocycles. The lowest BCUT2D eigenvalue weighted by molar-refractivity contribution is 0.482. The van der Waals surface area contributed by atoms with Gasteiger partial charge in [-0.25, -0.2) is 14.6 Å². The van der Waals surface area contributed by atoms with Crippen LogP contribution < -0.4 is 4.74 Å². The Bertz CT molecular complexity index is 1960. The van der Waals surface area contributed by atoms with Crippen LogP contribution in [-0.2, 0) is 7.05 Å². The first kappa shape index (κ1) is 25.2. The summed E-state index contributed by atoms with van der Waals surface area (Å²) in [6.07, 6.45) is 1.72. The van der Waals surface area contributed by atoms with Crippen LogP contribution in [0.4, 0.5) is 0 Å². The lowest BCUT2D eigenvalue weighted by Crippen LogP contribution is -1.97. The van der Waals surface area contributed by atoms with Crippen LogP contribution in [0, 0.1) is 0 Å². The van der Waals surface area contributed by atoms with E-state index < -0.39 is 0 Å². The lowest BCUT2D eigenvalue weighted by Gasteiger charge is -2.10. The van der Waals surface area contributed by atoms with E-state index in [1.165, 1.54) is 0 Å². The second-order valence-corrected chi connectivity index (χ2v) is 9.93. The molecule has 2 heterocycles. The molecule has 7 rings (SSSR count). The Morgan fingerprint density at radius 3 is 1.88 bits per heavy atom. The normalized spacial score (nSPS) is 11.0. The van der Waals surface area contributed by atoms with E-state index >= 15 is 0 Å². The van der Waals surface area contributed by atoms with Crippen molar-refractivity contribution < 1.29 is 4.74 Å². The van der Waals surface area contributed by atoms with Crippen molar-refractivity contribution >= 4 is 0 Å². The molecular formula is C36H27N5O. The molecule has 0 radical (unpaired) electrons. The monoisotopic (exact) mass is 545 g/mol.